The SMILES string of the molecule is C[C@@H](O)[C@H]1CCN(C(=O)CC2CCNCC2)C1. The van der Waals surface area contributed by atoms with E-state index in [4.69, 9.17) is 0 Å². The number of aliphatic hydroxyl groups excluding tert-OH is 1. The van der Waals surface area contributed by atoms with Gasteiger partial charge in [-0.1, -0.05) is 0 Å². The summed E-state index contributed by atoms with van der Waals surface area (Å²) >= 11 is 0. The fourth-order valence-corrected chi connectivity index (χ4v) is 2.87. The predicted octanol–water partition coefficient (Wildman–Crippen LogP) is 0.605. The van der Waals surface area contributed by atoms with Crippen molar-refractivity contribution in [2.75, 3.05) is 26.2 Å². The first-order valence-corrected chi connectivity index (χ1v) is 6.83. The van der Waals surface area contributed by atoms with Crippen molar-refractivity contribution < 1.29 is 9.90 Å². The summed E-state index contributed by atoms with van der Waals surface area (Å²) in [5, 5.41) is 12.8. The molecule has 2 saturated heterocycles. The molecule has 0 aromatic heterocycles. The number of piperidine rings is 1. The first kappa shape index (κ1) is 12.8. The van der Waals surface area contributed by atoms with E-state index < -0.39 is 0 Å². The molecule has 0 radical (unpaired) electrons. The van der Waals surface area contributed by atoms with Crippen LogP contribution in [0.3, 0.4) is 0 Å². The summed E-state index contributed by atoms with van der Waals surface area (Å²) in [6, 6.07) is 0. The van der Waals surface area contributed by atoms with Gasteiger partial charge in [0.05, 0.1) is 6.10 Å². The molecule has 2 heterocycles. The molecule has 0 saturated carbocycles. The Morgan fingerprint density at radius 3 is 2.71 bits per heavy atom. The number of carbonyl (C=O) groups is 1. The highest BCUT2D eigenvalue weighted by Crippen LogP contribution is 2.23. The lowest BCUT2D eigenvalue weighted by Crippen LogP contribution is -2.34. The van der Waals surface area contributed by atoms with Crippen LogP contribution in [0.15, 0.2) is 0 Å². The van der Waals surface area contributed by atoms with E-state index in [9.17, 15) is 9.90 Å². The van der Waals surface area contributed by atoms with Crippen molar-refractivity contribution in [2.24, 2.45) is 11.8 Å². The lowest BCUT2D eigenvalue weighted by atomic mass is 9.94. The molecule has 4 nitrogen and oxygen atoms in total. The summed E-state index contributed by atoms with van der Waals surface area (Å²) in [6.45, 7) is 5.51. The third-order valence-corrected chi connectivity index (χ3v) is 4.18. The molecule has 2 atom stereocenters. The zero-order chi connectivity index (χ0) is 12.3. The Kier molecular flexibility index (Phi) is 4.40. The van der Waals surface area contributed by atoms with E-state index in [0.717, 1.165) is 45.4 Å². The highest BCUT2D eigenvalue weighted by atomic mass is 16.3. The lowest BCUT2D eigenvalue weighted by Gasteiger charge is -2.25. The summed E-state index contributed by atoms with van der Waals surface area (Å²) in [6.07, 6.45) is 3.62. The van der Waals surface area contributed by atoms with Crippen molar-refractivity contribution in [1.82, 2.24) is 10.2 Å². The smallest absolute Gasteiger partial charge is 0.222 e. The number of amides is 1. The summed E-state index contributed by atoms with van der Waals surface area (Å²) < 4.78 is 0. The molecule has 0 aromatic rings. The Morgan fingerprint density at radius 1 is 1.41 bits per heavy atom. The Labute approximate surface area is 103 Å². The minimum atomic E-state index is -0.285. The molecule has 0 bridgehead atoms. The number of hydrogen-bond acceptors (Lipinski definition) is 3. The lowest BCUT2D eigenvalue weighted by molar-refractivity contribution is -0.131. The maximum atomic E-state index is 12.1. The van der Waals surface area contributed by atoms with Crippen molar-refractivity contribution >= 4 is 5.91 Å². The van der Waals surface area contributed by atoms with Crippen LogP contribution >= 0.6 is 0 Å². The van der Waals surface area contributed by atoms with Crippen molar-refractivity contribution in [1.29, 1.82) is 0 Å². The Balaban J connectivity index is 1.76. The van der Waals surface area contributed by atoms with Crippen LogP contribution in [0.2, 0.25) is 0 Å². The minimum Gasteiger partial charge on any atom is -0.393 e. The van der Waals surface area contributed by atoms with E-state index in [0.29, 0.717) is 18.2 Å². The molecular weight excluding hydrogens is 216 g/mol. The van der Waals surface area contributed by atoms with Gasteiger partial charge in [0.25, 0.3) is 0 Å². The Hall–Kier alpha value is -0.610. The van der Waals surface area contributed by atoms with Gasteiger partial charge in [-0.05, 0) is 45.2 Å². The first-order chi connectivity index (χ1) is 8.16. The number of aliphatic hydroxyl groups is 1. The van der Waals surface area contributed by atoms with Crippen LogP contribution in [0.25, 0.3) is 0 Å². The zero-order valence-electron chi connectivity index (χ0n) is 10.7. The molecule has 2 rings (SSSR count). The van der Waals surface area contributed by atoms with Crippen LogP contribution in [0.4, 0.5) is 0 Å². The van der Waals surface area contributed by atoms with E-state index in [2.05, 4.69) is 5.32 Å². The third-order valence-electron chi connectivity index (χ3n) is 4.18. The normalized spacial score (nSPS) is 28.4. The van der Waals surface area contributed by atoms with E-state index in [1.807, 2.05) is 11.8 Å². The van der Waals surface area contributed by atoms with Gasteiger partial charge in [0.2, 0.25) is 5.91 Å². The van der Waals surface area contributed by atoms with Gasteiger partial charge in [0, 0.05) is 25.4 Å². The molecule has 0 aromatic carbocycles. The van der Waals surface area contributed by atoms with Crippen LogP contribution in [0.5, 0.6) is 0 Å². The quantitative estimate of drug-likeness (QED) is 0.760. The highest BCUT2D eigenvalue weighted by molar-refractivity contribution is 5.76. The van der Waals surface area contributed by atoms with Gasteiger partial charge in [0.15, 0.2) is 0 Å². The fraction of sp³-hybridized carbons (Fsp3) is 0.923. The van der Waals surface area contributed by atoms with Crippen LogP contribution in [-0.4, -0.2) is 48.2 Å². The summed E-state index contributed by atoms with van der Waals surface area (Å²) in [5.41, 5.74) is 0. The van der Waals surface area contributed by atoms with Gasteiger partial charge in [-0.25, -0.2) is 0 Å². The highest BCUT2D eigenvalue weighted by Gasteiger charge is 2.30. The molecular formula is C13H24N2O2. The zero-order valence-corrected chi connectivity index (χ0v) is 10.7. The average molecular weight is 240 g/mol. The van der Waals surface area contributed by atoms with E-state index >= 15 is 0 Å². The monoisotopic (exact) mass is 240 g/mol. The molecule has 2 N–H and O–H groups in total. The summed E-state index contributed by atoms with van der Waals surface area (Å²) in [7, 11) is 0. The molecule has 98 valence electrons. The summed E-state index contributed by atoms with van der Waals surface area (Å²) in [4.78, 5) is 14.0. The van der Waals surface area contributed by atoms with Gasteiger partial charge in [0.1, 0.15) is 0 Å². The standard InChI is InChI=1S/C13H24N2O2/c1-10(16)12-4-7-15(9-12)13(17)8-11-2-5-14-6-3-11/h10-12,14,16H,2-9H2,1H3/t10-,12+/m1/s1. The van der Waals surface area contributed by atoms with Crippen molar-refractivity contribution in [2.45, 2.75) is 38.7 Å². The molecule has 2 aliphatic heterocycles. The molecule has 0 unspecified atom stereocenters. The number of nitrogens with zero attached hydrogens (tertiary/aromatic N) is 1. The second kappa shape index (κ2) is 5.83. The van der Waals surface area contributed by atoms with E-state index in [1.54, 1.807) is 0 Å². The van der Waals surface area contributed by atoms with Gasteiger partial charge in [-0.15, -0.1) is 0 Å². The third kappa shape index (κ3) is 3.42. The largest absolute Gasteiger partial charge is 0.393 e. The second-order valence-corrected chi connectivity index (χ2v) is 5.53. The molecule has 0 spiro atoms. The maximum absolute atomic E-state index is 12.1. The number of likely N-dealkylation sites (tertiary alicyclic amines) is 1. The maximum Gasteiger partial charge on any atom is 0.222 e. The van der Waals surface area contributed by atoms with Gasteiger partial charge >= 0.3 is 0 Å². The predicted molar refractivity (Wildman–Crippen MR) is 66.6 cm³/mol. The molecule has 17 heavy (non-hydrogen) atoms. The van der Waals surface area contributed by atoms with Crippen LogP contribution in [0, 0.1) is 11.8 Å². The minimum absolute atomic E-state index is 0.284. The van der Waals surface area contributed by atoms with Gasteiger partial charge in [-0.2, -0.15) is 0 Å². The molecule has 4 heteroatoms. The van der Waals surface area contributed by atoms with Gasteiger partial charge in [-0.3, -0.25) is 4.79 Å². The Morgan fingerprint density at radius 2 is 2.12 bits per heavy atom. The molecule has 1 amide bonds. The van der Waals surface area contributed by atoms with Crippen molar-refractivity contribution in [3.05, 3.63) is 0 Å². The fourth-order valence-electron chi connectivity index (χ4n) is 2.87. The van der Waals surface area contributed by atoms with Crippen LogP contribution < -0.4 is 5.32 Å². The van der Waals surface area contributed by atoms with E-state index in [1.165, 1.54) is 0 Å². The summed E-state index contributed by atoms with van der Waals surface area (Å²) in [5.74, 6) is 1.14. The number of carbonyl (C=O) groups excluding carboxylic acids is 1. The average Bonchev–Trinajstić information content (AvgIpc) is 2.79. The Bertz CT molecular complexity index is 262. The molecule has 2 fully saturated rings. The topological polar surface area (TPSA) is 52.6 Å². The van der Waals surface area contributed by atoms with E-state index in [-0.39, 0.29) is 12.0 Å². The number of nitrogens with one attached hydrogen (secondary N) is 1. The first-order valence-electron chi connectivity index (χ1n) is 6.83. The molecule has 2 aliphatic rings. The van der Waals surface area contributed by atoms with Crippen molar-refractivity contribution in [3.8, 4) is 0 Å². The second-order valence-electron chi connectivity index (χ2n) is 5.53. The van der Waals surface area contributed by atoms with Gasteiger partial charge < -0.3 is 15.3 Å². The van der Waals surface area contributed by atoms with Crippen LogP contribution in [0.1, 0.15) is 32.6 Å². The number of hydrogen-bond donors (Lipinski definition) is 2. The number of rotatable bonds is 3. The molecule has 0 aliphatic carbocycles. The van der Waals surface area contributed by atoms with Crippen LogP contribution in [-0.2, 0) is 4.79 Å². The van der Waals surface area contributed by atoms with Crippen molar-refractivity contribution in [3.63, 3.8) is 0 Å².